The fraction of sp³-hybridized carbons (Fsp3) is 0.121. The minimum atomic E-state index is -0.187. The van der Waals surface area contributed by atoms with Gasteiger partial charge in [0.2, 0.25) is 0 Å². The molecule has 6 rings (SSSR count). The summed E-state index contributed by atoms with van der Waals surface area (Å²) in [7, 11) is 4.07. The predicted octanol–water partition coefficient (Wildman–Crippen LogP) is 5.92. The summed E-state index contributed by atoms with van der Waals surface area (Å²) in [6.07, 6.45) is 1.06. The number of carbonyl (C=O) groups is 1. The average molecular weight is 706 g/mol. The Hall–Kier alpha value is -4.32. The van der Waals surface area contributed by atoms with E-state index in [1.165, 1.54) is 13.8 Å². The molecule has 0 aliphatic rings. The summed E-state index contributed by atoms with van der Waals surface area (Å²) >= 11 is 0. The molecule has 0 unspecified atom stereocenters. The van der Waals surface area contributed by atoms with Crippen molar-refractivity contribution in [2.45, 2.75) is 13.8 Å². The number of ketones is 1. The van der Waals surface area contributed by atoms with Crippen molar-refractivity contribution in [3.8, 4) is 22.8 Å². The van der Waals surface area contributed by atoms with Crippen molar-refractivity contribution >= 4 is 27.9 Å². The zero-order valence-corrected chi connectivity index (χ0v) is 25.1. The summed E-state index contributed by atoms with van der Waals surface area (Å²) in [5.74, 6) is 1.55. The molecule has 2 heterocycles. The molecule has 0 atom stereocenters. The molecule has 202 valence electrons. The van der Waals surface area contributed by atoms with Gasteiger partial charge in [0, 0.05) is 14.1 Å². The van der Waals surface area contributed by atoms with Gasteiger partial charge in [-0.2, -0.15) is 0 Å². The summed E-state index contributed by atoms with van der Waals surface area (Å²) in [6.45, 7) is 2.70. The Kier molecular flexibility index (Phi) is 10.7. The van der Waals surface area contributed by atoms with Crippen LogP contribution in [-0.4, -0.2) is 24.9 Å². The normalized spacial score (nSPS) is 10.7. The fourth-order valence-corrected chi connectivity index (χ4v) is 4.12. The van der Waals surface area contributed by atoms with Gasteiger partial charge in [0.05, 0.1) is 33.7 Å². The first kappa shape index (κ1) is 30.2. The molecule has 0 amide bonds. The first-order chi connectivity index (χ1) is 18.8. The van der Waals surface area contributed by atoms with Gasteiger partial charge in [-0.05, 0) is 37.3 Å². The van der Waals surface area contributed by atoms with Crippen molar-refractivity contribution < 1.29 is 30.0 Å². The van der Waals surface area contributed by atoms with Crippen LogP contribution in [-0.2, 0) is 39.0 Å². The molecule has 0 N–H and O–H groups in total. The SMILES string of the molecule is CC(=O)/C=C(/C)[O-].Cn1c(-c2[c-]cccc2)nc2ccccc21.Cn1c(-c2[c-]cccc2)nc2ccccc21.[Ir+3]. The van der Waals surface area contributed by atoms with Crippen LogP contribution < -0.4 is 5.11 Å². The number of aryl methyl sites for hydroxylation is 2. The van der Waals surface area contributed by atoms with Crippen LogP contribution >= 0.6 is 0 Å². The maximum absolute atomic E-state index is 9.98. The third-order valence-corrected chi connectivity index (χ3v) is 5.88. The first-order valence-corrected chi connectivity index (χ1v) is 12.5. The number of hydrogen-bond acceptors (Lipinski definition) is 4. The molecule has 0 radical (unpaired) electrons. The number of para-hydroxylation sites is 4. The van der Waals surface area contributed by atoms with Crippen LogP contribution in [0.4, 0.5) is 0 Å². The molecule has 7 heteroatoms. The molecule has 0 aliphatic heterocycles. The number of hydrogen-bond donors (Lipinski definition) is 0. The van der Waals surface area contributed by atoms with Crippen LogP contribution in [0.1, 0.15) is 13.8 Å². The van der Waals surface area contributed by atoms with Crippen molar-refractivity contribution in [3.63, 3.8) is 0 Å². The second-order valence-corrected chi connectivity index (χ2v) is 8.88. The van der Waals surface area contributed by atoms with Gasteiger partial charge in [0.15, 0.2) is 5.78 Å². The van der Waals surface area contributed by atoms with Crippen molar-refractivity contribution in [1.82, 2.24) is 19.1 Å². The molecule has 0 fully saturated rings. The number of nitrogens with zero attached hydrogens (tertiary/aromatic N) is 4. The van der Waals surface area contributed by atoms with Gasteiger partial charge in [-0.3, -0.25) is 14.8 Å². The molecular formula is C33H29IrN4O2. The summed E-state index contributed by atoms with van der Waals surface area (Å²) in [6, 6.07) is 38.5. The Morgan fingerprint density at radius 3 is 1.40 bits per heavy atom. The second-order valence-electron chi connectivity index (χ2n) is 8.88. The smallest absolute Gasteiger partial charge is 0.876 e. The van der Waals surface area contributed by atoms with Crippen molar-refractivity contribution in [3.05, 3.63) is 121 Å². The zero-order chi connectivity index (χ0) is 27.8. The van der Waals surface area contributed by atoms with E-state index in [-0.39, 0.29) is 31.6 Å². The monoisotopic (exact) mass is 706 g/mol. The molecule has 0 spiro atoms. The summed E-state index contributed by atoms with van der Waals surface area (Å²) < 4.78 is 4.20. The number of rotatable bonds is 3. The van der Waals surface area contributed by atoms with E-state index in [2.05, 4.69) is 43.4 Å². The van der Waals surface area contributed by atoms with Gasteiger partial charge in [-0.25, -0.2) is 0 Å². The van der Waals surface area contributed by atoms with Gasteiger partial charge in [0.1, 0.15) is 0 Å². The maximum atomic E-state index is 9.98. The van der Waals surface area contributed by atoms with Crippen LogP contribution in [0.5, 0.6) is 0 Å². The van der Waals surface area contributed by atoms with Crippen LogP contribution in [0.25, 0.3) is 44.8 Å². The molecule has 0 saturated heterocycles. The zero-order valence-electron chi connectivity index (χ0n) is 22.8. The van der Waals surface area contributed by atoms with Gasteiger partial charge >= 0.3 is 20.1 Å². The number of benzene rings is 4. The van der Waals surface area contributed by atoms with Crippen LogP contribution in [0.3, 0.4) is 0 Å². The molecule has 4 aromatic carbocycles. The Bertz CT molecular complexity index is 1600. The number of imidazole rings is 2. The quantitative estimate of drug-likeness (QED) is 0.130. The fourth-order valence-electron chi connectivity index (χ4n) is 4.12. The molecule has 6 aromatic rings. The van der Waals surface area contributed by atoms with Crippen molar-refractivity contribution in [2.24, 2.45) is 14.1 Å². The van der Waals surface area contributed by atoms with Crippen molar-refractivity contribution in [1.29, 1.82) is 0 Å². The third kappa shape index (κ3) is 7.41. The standard InChI is InChI=1S/2C14H11N2.C5H8O2.Ir/c2*1-16-13-10-6-5-9-12(13)15-14(16)11-7-3-2-4-8-11;1-4(6)3-5(2)7;/h2*2-7,9-10H,1H3;3,6H,1-2H3;/q2*-1;;+3/p-1/b;;4-3-;. The van der Waals surface area contributed by atoms with E-state index >= 15 is 0 Å². The number of fused-ring (bicyclic) bond motifs is 2. The average Bonchev–Trinajstić information content (AvgIpc) is 3.47. The molecule has 0 saturated carbocycles. The Morgan fingerprint density at radius 2 is 1.10 bits per heavy atom. The van der Waals surface area contributed by atoms with E-state index in [4.69, 9.17) is 0 Å². The van der Waals surface area contributed by atoms with E-state index in [1.54, 1.807) is 0 Å². The molecule has 0 aliphatic carbocycles. The largest absolute Gasteiger partial charge is 3.00 e. The number of aromatic nitrogens is 4. The summed E-state index contributed by atoms with van der Waals surface area (Å²) in [5, 5.41) is 9.98. The predicted molar refractivity (Wildman–Crippen MR) is 154 cm³/mol. The Balaban J connectivity index is 0.000000177. The molecule has 0 bridgehead atoms. The van der Waals surface area contributed by atoms with Crippen LogP contribution in [0, 0.1) is 12.1 Å². The van der Waals surface area contributed by atoms with Gasteiger partial charge < -0.3 is 14.2 Å². The van der Waals surface area contributed by atoms with E-state index in [0.717, 1.165) is 50.9 Å². The van der Waals surface area contributed by atoms with E-state index in [1.807, 2.05) is 99.0 Å². The summed E-state index contributed by atoms with van der Waals surface area (Å²) in [4.78, 5) is 19.2. The van der Waals surface area contributed by atoms with Crippen LogP contribution in [0.15, 0.2) is 109 Å². The van der Waals surface area contributed by atoms with E-state index in [9.17, 15) is 9.90 Å². The molecule has 40 heavy (non-hydrogen) atoms. The maximum Gasteiger partial charge on any atom is 3.00 e. The molecule has 6 nitrogen and oxygen atoms in total. The first-order valence-electron chi connectivity index (χ1n) is 12.5. The second kappa shape index (κ2) is 14.2. The summed E-state index contributed by atoms with van der Waals surface area (Å²) in [5.41, 5.74) is 6.40. The topological polar surface area (TPSA) is 75.8 Å². The van der Waals surface area contributed by atoms with Crippen molar-refractivity contribution in [2.75, 3.05) is 0 Å². The van der Waals surface area contributed by atoms with Gasteiger partial charge in [-0.15, -0.1) is 77.5 Å². The Morgan fingerprint density at radius 1 is 0.700 bits per heavy atom. The number of allylic oxidation sites excluding steroid dienone is 2. The molecule has 2 aromatic heterocycles. The minimum absolute atomic E-state index is 0. The Labute approximate surface area is 248 Å². The minimum Gasteiger partial charge on any atom is -0.876 e. The van der Waals surface area contributed by atoms with Gasteiger partial charge in [0.25, 0.3) is 0 Å². The van der Waals surface area contributed by atoms with Crippen LogP contribution in [0.2, 0.25) is 0 Å². The van der Waals surface area contributed by atoms with Gasteiger partial charge in [-0.1, -0.05) is 31.2 Å². The third-order valence-electron chi connectivity index (χ3n) is 5.88. The number of carbonyl (C=O) groups excluding carboxylic acids is 1. The van der Waals surface area contributed by atoms with E-state index < -0.39 is 0 Å². The molecular weight excluding hydrogens is 677 g/mol. The van der Waals surface area contributed by atoms with E-state index in [0.29, 0.717) is 0 Å².